The summed E-state index contributed by atoms with van der Waals surface area (Å²) in [4.78, 5) is 62.3. The van der Waals surface area contributed by atoms with E-state index in [4.69, 9.17) is 4.74 Å². The van der Waals surface area contributed by atoms with Gasteiger partial charge in [0, 0.05) is 49.9 Å². The van der Waals surface area contributed by atoms with Crippen LogP contribution in [0.15, 0.2) is 109 Å². The largest absolute Gasteiger partial charge is 0.453 e. The number of benzene rings is 3. The number of amides is 5. The third-order valence-electron chi connectivity index (χ3n) is 10.7. The molecule has 4 N–H and O–H groups in total. The lowest BCUT2D eigenvalue weighted by molar-refractivity contribution is -0.130. The van der Waals surface area contributed by atoms with E-state index >= 15 is 0 Å². The van der Waals surface area contributed by atoms with E-state index < -0.39 is 47.1 Å². The van der Waals surface area contributed by atoms with E-state index in [1.807, 2.05) is 133 Å². The third-order valence-corrected chi connectivity index (χ3v) is 10.7. The first-order chi connectivity index (χ1) is 28.0. The van der Waals surface area contributed by atoms with Crippen molar-refractivity contribution in [3.05, 3.63) is 126 Å². The first kappa shape index (κ1) is 44.4. The minimum Gasteiger partial charge on any atom is -0.453 e. The number of hydrogen-bond acceptors (Lipinski definition) is 7. The summed E-state index contributed by atoms with van der Waals surface area (Å²) in [5.41, 5.74) is 3.51. The fourth-order valence-electron chi connectivity index (χ4n) is 7.72. The van der Waals surface area contributed by atoms with Gasteiger partial charge in [-0.15, -0.1) is 0 Å². The number of rotatable bonds is 16. The fourth-order valence-corrected chi connectivity index (χ4v) is 7.72. The van der Waals surface area contributed by atoms with E-state index in [-0.39, 0.29) is 30.8 Å². The van der Waals surface area contributed by atoms with Gasteiger partial charge in [0.25, 0.3) is 0 Å². The number of carbonyl (C=O) groups is 4. The Balaban J connectivity index is 1.44. The van der Waals surface area contributed by atoms with E-state index in [0.29, 0.717) is 26.1 Å². The summed E-state index contributed by atoms with van der Waals surface area (Å²) in [6, 6.07) is 31.0. The first-order valence-corrected chi connectivity index (χ1v) is 20.3. The molecule has 2 heterocycles. The highest BCUT2D eigenvalue weighted by Gasteiger charge is 2.44. The number of aliphatic hydroxyl groups is 1. The van der Waals surface area contributed by atoms with E-state index in [0.717, 1.165) is 27.9 Å². The molecule has 5 amide bonds. The number of nitrogens with zero attached hydrogens (tertiary/aromatic N) is 3. The molecule has 12 heteroatoms. The molecule has 5 unspecified atom stereocenters. The first-order valence-electron chi connectivity index (χ1n) is 20.3. The van der Waals surface area contributed by atoms with Crippen LogP contribution in [-0.4, -0.2) is 94.8 Å². The monoisotopic (exact) mass is 804 g/mol. The van der Waals surface area contributed by atoms with Gasteiger partial charge in [0.2, 0.25) is 11.8 Å². The van der Waals surface area contributed by atoms with Crippen molar-refractivity contribution >= 4 is 23.9 Å². The minimum atomic E-state index is -1.09. The highest BCUT2D eigenvalue weighted by atomic mass is 16.5. The Morgan fingerprint density at radius 3 is 2.02 bits per heavy atom. The number of pyridine rings is 1. The summed E-state index contributed by atoms with van der Waals surface area (Å²) in [5.74, 6) is -1.12. The van der Waals surface area contributed by atoms with E-state index in [1.54, 1.807) is 16.0 Å². The van der Waals surface area contributed by atoms with E-state index in [2.05, 4.69) is 33.1 Å². The van der Waals surface area contributed by atoms with Gasteiger partial charge in [-0.1, -0.05) is 133 Å². The molecule has 0 aliphatic carbocycles. The maximum absolute atomic E-state index is 14.8. The number of nitrogens with one attached hydrogen (secondary N) is 3. The average molecular weight is 805 g/mol. The van der Waals surface area contributed by atoms with Gasteiger partial charge in [-0.05, 0) is 52.5 Å². The number of alkyl carbamates (subject to hydrolysis) is 1. The van der Waals surface area contributed by atoms with Gasteiger partial charge < -0.3 is 35.6 Å². The van der Waals surface area contributed by atoms with Gasteiger partial charge in [-0.2, -0.15) is 0 Å². The molecule has 1 aliphatic heterocycles. The second-order valence-corrected chi connectivity index (χ2v) is 17.5. The number of aromatic nitrogens is 1. The molecule has 0 saturated carbocycles. The number of ether oxygens (including phenoxy) is 1. The quantitative estimate of drug-likeness (QED) is 0.100. The van der Waals surface area contributed by atoms with Crippen molar-refractivity contribution in [3.8, 4) is 11.3 Å². The molecule has 0 spiro atoms. The van der Waals surface area contributed by atoms with Crippen LogP contribution in [0.4, 0.5) is 9.59 Å². The normalized spacial score (nSPS) is 15.8. The van der Waals surface area contributed by atoms with Crippen LogP contribution in [0.1, 0.15) is 70.6 Å². The predicted octanol–water partition coefficient (Wildman–Crippen LogP) is 6.55. The Morgan fingerprint density at radius 1 is 0.780 bits per heavy atom. The van der Waals surface area contributed by atoms with Gasteiger partial charge in [-0.25, -0.2) is 9.59 Å². The van der Waals surface area contributed by atoms with Crippen molar-refractivity contribution < 1.29 is 29.0 Å². The zero-order valence-electron chi connectivity index (χ0n) is 35.4. The second-order valence-electron chi connectivity index (χ2n) is 17.5. The van der Waals surface area contributed by atoms with Crippen molar-refractivity contribution in [3.63, 3.8) is 0 Å². The maximum atomic E-state index is 14.8. The Kier molecular flexibility index (Phi) is 14.9. The predicted molar refractivity (Wildman–Crippen MR) is 229 cm³/mol. The zero-order valence-corrected chi connectivity index (χ0v) is 35.4. The van der Waals surface area contributed by atoms with Crippen molar-refractivity contribution in [2.75, 3.05) is 26.7 Å². The minimum absolute atomic E-state index is 0.0765. The van der Waals surface area contributed by atoms with Crippen LogP contribution in [0.2, 0.25) is 0 Å². The van der Waals surface area contributed by atoms with Gasteiger partial charge >= 0.3 is 12.1 Å². The molecule has 0 radical (unpaired) electrons. The molecule has 1 fully saturated rings. The van der Waals surface area contributed by atoms with Crippen molar-refractivity contribution in [1.29, 1.82) is 0 Å². The molecule has 1 saturated heterocycles. The molecule has 0 bridgehead atoms. The number of hydrogen-bond donors (Lipinski definition) is 4. The van der Waals surface area contributed by atoms with Crippen LogP contribution in [0.3, 0.4) is 0 Å². The molecular formula is C47H60N6O6. The maximum Gasteiger partial charge on any atom is 0.407 e. The lowest BCUT2D eigenvalue weighted by atomic mass is 9.81. The second kappa shape index (κ2) is 19.8. The molecule has 59 heavy (non-hydrogen) atoms. The molecule has 5 atom stereocenters. The number of aliphatic hydroxyl groups excluding tert-OH is 1. The highest BCUT2D eigenvalue weighted by molar-refractivity contribution is 5.89. The van der Waals surface area contributed by atoms with Gasteiger partial charge in [0.05, 0.1) is 18.9 Å². The molecule has 5 rings (SSSR count). The molecule has 314 valence electrons. The number of urea groups is 1. The summed E-state index contributed by atoms with van der Waals surface area (Å²) in [6.45, 7) is 12.5. The number of methoxy groups -OCH3 is 1. The van der Waals surface area contributed by atoms with Crippen LogP contribution in [0, 0.1) is 10.8 Å². The zero-order chi connectivity index (χ0) is 42.7. The molecule has 1 aromatic heterocycles. The Hall–Kier alpha value is -5.75. The summed E-state index contributed by atoms with van der Waals surface area (Å²) in [5, 5.41) is 20.4. The fraction of sp³-hybridized carbons (Fsp3) is 0.426. The van der Waals surface area contributed by atoms with Gasteiger partial charge in [0.15, 0.2) is 0 Å². The van der Waals surface area contributed by atoms with Crippen LogP contribution >= 0.6 is 0 Å². The molecule has 3 aromatic carbocycles. The van der Waals surface area contributed by atoms with Crippen LogP contribution < -0.4 is 16.0 Å². The SMILES string of the molecule is COC(=O)NC(C(=O)NCC(O)CC(NC(=O)C(N1CCN(Cc2ccccc2)C1=O)C(C)(C)C)C(Cc1ccc(-c2ccccn2)cc1)c1ccccc1)C(C)(C)C. The average Bonchev–Trinajstić information content (AvgIpc) is 3.55. The highest BCUT2D eigenvalue weighted by Crippen LogP contribution is 2.32. The van der Waals surface area contributed by atoms with Crippen LogP contribution in [-0.2, 0) is 27.3 Å². The molecule has 12 nitrogen and oxygen atoms in total. The summed E-state index contributed by atoms with van der Waals surface area (Å²) in [6.07, 6.45) is 0.515. The Bertz CT molecular complexity index is 1980. The van der Waals surface area contributed by atoms with Crippen molar-refractivity contribution in [2.24, 2.45) is 10.8 Å². The summed E-state index contributed by atoms with van der Waals surface area (Å²) >= 11 is 0. The van der Waals surface area contributed by atoms with E-state index in [1.165, 1.54) is 7.11 Å². The smallest absolute Gasteiger partial charge is 0.407 e. The molecule has 4 aromatic rings. The van der Waals surface area contributed by atoms with Gasteiger partial charge in [0.1, 0.15) is 12.1 Å². The topological polar surface area (TPSA) is 153 Å². The third kappa shape index (κ3) is 12.1. The van der Waals surface area contributed by atoms with Crippen molar-refractivity contribution in [1.82, 2.24) is 30.7 Å². The van der Waals surface area contributed by atoms with Crippen LogP contribution in [0.5, 0.6) is 0 Å². The van der Waals surface area contributed by atoms with Crippen LogP contribution in [0.25, 0.3) is 11.3 Å². The molecule has 1 aliphatic rings. The van der Waals surface area contributed by atoms with E-state index in [9.17, 15) is 24.3 Å². The lowest BCUT2D eigenvalue weighted by Crippen LogP contribution is -2.58. The Morgan fingerprint density at radius 2 is 1.42 bits per heavy atom. The summed E-state index contributed by atoms with van der Waals surface area (Å²) < 4.78 is 4.76. The number of carbonyl (C=O) groups excluding carboxylic acids is 4. The Labute approximate surface area is 348 Å². The lowest BCUT2D eigenvalue weighted by Gasteiger charge is -2.39. The van der Waals surface area contributed by atoms with Crippen molar-refractivity contribution in [2.45, 2.75) is 91.1 Å². The molecular weight excluding hydrogens is 745 g/mol. The van der Waals surface area contributed by atoms with Gasteiger partial charge in [-0.3, -0.25) is 14.6 Å². The summed E-state index contributed by atoms with van der Waals surface area (Å²) in [7, 11) is 1.23. The standard InChI is InChI=1S/C47H60N6O6/c1-46(2,3)40(51-44(57)59-7)42(55)49-30-36(54)29-39(37(34-18-12-9-13-19-34)28-32-21-23-35(24-22-32)38-20-14-15-25-48-38)50-43(56)41(47(4,5)6)53-27-26-52(45(53)58)31-33-16-10-8-11-17-33/h8-25,36-37,39-41,54H,26-31H2,1-7H3,(H,49,55)(H,50,56)(H,51,57).